The predicted molar refractivity (Wildman–Crippen MR) is 165 cm³/mol. The minimum Gasteiger partial charge on any atom is -0.334 e. The van der Waals surface area contributed by atoms with Crippen molar-refractivity contribution in [2.45, 2.75) is 50.7 Å². The number of carbonyl (C=O) groups is 1. The number of piperidine rings is 2. The fraction of sp³-hybridized carbons (Fsp3) is 0.371. The number of carbonyl (C=O) groups excluding carboxylic acids is 1. The van der Waals surface area contributed by atoms with Gasteiger partial charge in [-0.1, -0.05) is 66.7 Å². The van der Waals surface area contributed by atoms with Crippen LogP contribution in [0.1, 0.15) is 53.2 Å². The van der Waals surface area contributed by atoms with Gasteiger partial charge in [-0.2, -0.15) is 0 Å². The van der Waals surface area contributed by atoms with E-state index in [0.717, 1.165) is 81.3 Å². The van der Waals surface area contributed by atoms with Gasteiger partial charge in [-0.3, -0.25) is 14.5 Å². The maximum Gasteiger partial charge on any atom is 0.258 e. The molecule has 0 aliphatic carbocycles. The molecule has 2 atom stereocenters. The Hall–Kier alpha value is -3.74. The third-order valence-electron chi connectivity index (χ3n) is 8.81. The summed E-state index contributed by atoms with van der Waals surface area (Å²) in [6.45, 7) is 5.92. The molecule has 3 aliphatic rings. The van der Waals surface area contributed by atoms with Crippen molar-refractivity contribution >= 4 is 16.7 Å². The summed E-state index contributed by atoms with van der Waals surface area (Å²) < 4.78 is 1.94. The van der Waals surface area contributed by atoms with E-state index >= 15 is 0 Å². The lowest BCUT2D eigenvalue weighted by atomic mass is 9.96. The van der Waals surface area contributed by atoms with Gasteiger partial charge in [-0.05, 0) is 79.9 Å². The van der Waals surface area contributed by atoms with Crippen molar-refractivity contribution in [1.82, 2.24) is 19.7 Å². The zero-order valence-electron chi connectivity index (χ0n) is 23.8. The minimum absolute atomic E-state index is 0.139. The second-order valence-electron chi connectivity index (χ2n) is 11.5. The van der Waals surface area contributed by atoms with Crippen LogP contribution < -0.4 is 10.9 Å². The van der Waals surface area contributed by atoms with Crippen molar-refractivity contribution in [3.8, 4) is 0 Å². The van der Waals surface area contributed by atoms with Crippen LogP contribution in [0, 0.1) is 0 Å². The number of nitrogens with one attached hydrogen (secondary N) is 1. The summed E-state index contributed by atoms with van der Waals surface area (Å²) in [6, 6.07) is 29.2. The maximum absolute atomic E-state index is 12.8. The molecule has 41 heavy (non-hydrogen) atoms. The molecule has 3 aromatic carbocycles. The van der Waals surface area contributed by atoms with Crippen LogP contribution in [-0.2, 0) is 13.0 Å². The number of rotatable bonds is 4. The van der Waals surface area contributed by atoms with Crippen molar-refractivity contribution in [2.24, 2.45) is 0 Å². The smallest absolute Gasteiger partial charge is 0.258 e. The molecule has 7 rings (SSSR count). The molecule has 2 saturated heterocycles. The first-order valence-electron chi connectivity index (χ1n) is 15.1. The highest BCUT2D eigenvalue weighted by Gasteiger charge is 2.30. The summed E-state index contributed by atoms with van der Waals surface area (Å²) in [5.41, 5.74) is 3.59. The van der Waals surface area contributed by atoms with E-state index in [1.54, 1.807) is 0 Å². The number of amides is 1. The molecule has 0 saturated carbocycles. The predicted octanol–water partition coefficient (Wildman–Crippen LogP) is 5.28. The van der Waals surface area contributed by atoms with Gasteiger partial charge in [0.2, 0.25) is 0 Å². The summed E-state index contributed by atoms with van der Waals surface area (Å²) >= 11 is 0. The quantitative estimate of drug-likeness (QED) is 0.377. The van der Waals surface area contributed by atoms with Crippen molar-refractivity contribution < 1.29 is 4.79 Å². The Morgan fingerprint density at radius 1 is 0.780 bits per heavy atom. The highest BCUT2D eigenvalue weighted by atomic mass is 16.2. The first-order chi connectivity index (χ1) is 20.2. The molecule has 6 heteroatoms. The molecule has 0 radical (unpaired) electrons. The van der Waals surface area contributed by atoms with Gasteiger partial charge in [0.1, 0.15) is 0 Å². The second kappa shape index (κ2) is 12.8. The monoisotopic (exact) mass is 548 g/mol. The second-order valence-corrected chi connectivity index (χ2v) is 11.5. The van der Waals surface area contributed by atoms with Crippen LogP contribution in [-0.4, -0.2) is 59.0 Å². The molecule has 1 aromatic heterocycles. The summed E-state index contributed by atoms with van der Waals surface area (Å²) in [4.78, 5) is 29.8. The number of hydrogen-bond donors (Lipinski definition) is 1. The molecule has 0 unspecified atom stereocenters. The Labute approximate surface area is 242 Å². The van der Waals surface area contributed by atoms with Gasteiger partial charge in [0.15, 0.2) is 0 Å². The van der Waals surface area contributed by atoms with Crippen molar-refractivity contribution in [1.29, 1.82) is 0 Å². The van der Waals surface area contributed by atoms with Crippen molar-refractivity contribution in [2.75, 3.05) is 32.7 Å². The molecule has 4 aromatic rings. The van der Waals surface area contributed by atoms with E-state index in [9.17, 15) is 9.59 Å². The summed E-state index contributed by atoms with van der Waals surface area (Å²) in [5, 5.41) is 5.23. The average Bonchev–Trinajstić information content (AvgIpc) is 3.03. The molecule has 3 aliphatic heterocycles. The Morgan fingerprint density at radius 2 is 1.56 bits per heavy atom. The first kappa shape index (κ1) is 27.4. The van der Waals surface area contributed by atoms with Crippen LogP contribution in [0.3, 0.4) is 0 Å². The molecule has 212 valence electrons. The number of hydrogen-bond acceptors (Lipinski definition) is 4. The molecule has 6 nitrogen and oxygen atoms in total. The number of aromatic nitrogens is 1. The zero-order chi connectivity index (χ0) is 28.0. The SMILES string of the molecule is O=C1c2ccccc2CCN1[C@@H]1CCCNC1.O=c1c2ccccc2ccn1[C@@H]1CCCN(Cc2ccccc2)C1. The Morgan fingerprint density at radius 3 is 2.41 bits per heavy atom. The lowest BCUT2D eigenvalue weighted by Crippen LogP contribution is -2.51. The van der Waals surface area contributed by atoms with Crippen LogP contribution in [0.2, 0.25) is 0 Å². The van der Waals surface area contributed by atoms with Gasteiger partial charge in [-0.25, -0.2) is 0 Å². The van der Waals surface area contributed by atoms with Gasteiger partial charge in [0.25, 0.3) is 11.5 Å². The Bertz CT molecular complexity index is 1530. The van der Waals surface area contributed by atoms with E-state index in [1.807, 2.05) is 53.2 Å². The molecule has 4 heterocycles. The van der Waals surface area contributed by atoms with Gasteiger partial charge in [0.05, 0.1) is 0 Å². The molecular weight excluding hydrogens is 508 g/mol. The van der Waals surface area contributed by atoms with Crippen molar-refractivity contribution in [3.05, 3.63) is 118 Å². The van der Waals surface area contributed by atoms with Crippen LogP contribution in [0.5, 0.6) is 0 Å². The molecule has 0 spiro atoms. The van der Waals surface area contributed by atoms with E-state index in [1.165, 1.54) is 17.5 Å². The number of pyridine rings is 1. The highest BCUT2D eigenvalue weighted by Crippen LogP contribution is 2.24. The van der Waals surface area contributed by atoms with Crippen LogP contribution >= 0.6 is 0 Å². The molecule has 1 amide bonds. The fourth-order valence-corrected chi connectivity index (χ4v) is 6.63. The summed E-state index contributed by atoms with van der Waals surface area (Å²) in [6.07, 6.45) is 7.50. The zero-order valence-corrected chi connectivity index (χ0v) is 23.8. The lowest BCUT2D eigenvalue weighted by Gasteiger charge is -2.37. The molecule has 0 bridgehead atoms. The Kier molecular flexibility index (Phi) is 8.59. The third kappa shape index (κ3) is 6.29. The number of fused-ring (bicyclic) bond motifs is 2. The topological polar surface area (TPSA) is 57.6 Å². The lowest BCUT2D eigenvalue weighted by molar-refractivity contribution is 0.0630. The number of nitrogens with zero attached hydrogens (tertiary/aromatic N) is 3. The van der Waals surface area contributed by atoms with Crippen LogP contribution in [0.15, 0.2) is 95.9 Å². The van der Waals surface area contributed by atoms with E-state index in [2.05, 4.69) is 57.6 Å². The minimum atomic E-state index is 0.139. The average molecular weight is 549 g/mol. The van der Waals surface area contributed by atoms with Crippen LogP contribution in [0.25, 0.3) is 10.8 Å². The van der Waals surface area contributed by atoms with E-state index in [-0.39, 0.29) is 17.5 Å². The first-order valence-corrected chi connectivity index (χ1v) is 15.1. The highest BCUT2D eigenvalue weighted by molar-refractivity contribution is 5.97. The van der Waals surface area contributed by atoms with E-state index in [0.29, 0.717) is 6.04 Å². The van der Waals surface area contributed by atoms with Crippen LogP contribution in [0.4, 0.5) is 0 Å². The normalized spacial score (nSPS) is 21.2. The number of likely N-dealkylation sites (tertiary alicyclic amines) is 1. The Balaban J connectivity index is 0.000000156. The molecule has 2 fully saturated rings. The van der Waals surface area contributed by atoms with Gasteiger partial charge in [0, 0.05) is 55.4 Å². The van der Waals surface area contributed by atoms with Crippen molar-refractivity contribution in [3.63, 3.8) is 0 Å². The summed E-state index contributed by atoms with van der Waals surface area (Å²) in [7, 11) is 0. The van der Waals surface area contributed by atoms with Gasteiger partial charge in [-0.15, -0.1) is 0 Å². The van der Waals surface area contributed by atoms with Gasteiger partial charge < -0.3 is 14.8 Å². The van der Waals surface area contributed by atoms with E-state index in [4.69, 9.17) is 0 Å². The fourth-order valence-electron chi connectivity index (χ4n) is 6.63. The van der Waals surface area contributed by atoms with E-state index < -0.39 is 0 Å². The third-order valence-corrected chi connectivity index (χ3v) is 8.81. The number of benzene rings is 3. The molecular formula is C35H40N4O2. The molecule has 1 N–H and O–H groups in total. The largest absolute Gasteiger partial charge is 0.334 e. The van der Waals surface area contributed by atoms with Gasteiger partial charge >= 0.3 is 0 Å². The standard InChI is InChI=1S/C21H22N2O.C14H18N2O/c24-21-20-11-5-4-9-18(20)12-14-23(21)19-10-6-13-22(16-19)15-17-7-2-1-3-8-17;17-14-13-6-2-1-4-11(13)7-9-16(14)12-5-3-8-15-10-12/h1-5,7-9,11-12,14,19H,6,10,13,15-16H2;1-2,4,6,12,15H,3,5,7-10H2/t19-;12-/m11/s1. The summed E-state index contributed by atoms with van der Waals surface area (Å²) in [5.74, 6) is 0.223. The maximum atomic E-state index is 12.8.